The standard InChI is InChI=1S/C15H12F3N3O2S/c16-15(17,18)23-12-8-6-11(7-9-12)19-14(24)21-20-13(22)10-4-2-1-3-5-10/h1-9H,(H,20,22)(H2,19,21,24). The summed E-state index contributed by atoms with van der Waals surface area (Å²) in [6, 6.07) is 13.5. The molecule has 0 saturated heterocycles. The van der Waals surface area contributed by atoms with E-state index in [1.807, 2.05) is 0 Å². The summed E-state index contributed by atoms with van der Waals surface area (Å²) in [6.45, 7) is 0. The predicted molar refractivity (Wildman–Crippen MR) is 86.4 cm³/mol. The average molecular weight is 355 g/mol. The van der Waals surface area contributed by atoms with E-state index in [2.05, 4.69) is 20.9 Å². The molecule has 5 nitrogen and oxygen atoms in total. The zero-order valence-corrected chi connectivity index (χ0v) is 12.9. The van der Waals surface area contributed by atoms with Gasteiger partial charge in [-0.1, -0.05) is 18.2 Å². The monoisotopic (exact) mass is 355 g/mol. The minimum atomic E-state index is -4.74. The first-order valence-corrected chi connectivity index (χ1v) is 7.02. The van der Waals surface area contributed by atoms with Crippen LogP contribution in [0.1, 0.15) is 10.4 Å². The molecular formula is C15H12F3N3O2S. The quantitative estimate of drug-likeness (QED) is 0.583. The number of hydrogen-bond acceptors (Lipinski definition) is 3. The Morgan fingerprint density at radius 3 is 2.17 bits per heavy atom. The Bertz CT molecular complexity index is 706. The number of hydrogen-bond donors (Lipinski definition) is 3. The van der Waals surface area contributed by atoms with Crippen molar-refractivity contribution in [3.63, 3.8) is 0 Å². The Morgan fingerprint density at radius 1 is 0.958 bits per heavy atom. The molecule has 0 spiro atoms. The van der Waals surface area contributed by atoms with Crippen molar-refractivity contribution in [2.24, 2.45) is 0 Å². The molecule has 0 aliphatic rings. The number of carbonyl (C=O) groups excluding carboxylic acids is 1. The number of alkyl halides is 3. The summed E-state index contributed by atoms with van der Waals surface area (Å²) >= 11 is 4.98. The Balaban J connectivity index is 1.83. The molecule has 0 aliphatic carbocycles. The lowest BCUT2D eigenvalue weighted by molar-refractivity contribution is -0.274. The summed E-state index contributed by atoms with van der Waals surface area (Å²) in [5.41, 5.74) is 5.76. The first-order chi connectivity index (χ1) is 11.3. The van der Waals surface area contributed by atoms with Gasteiger partial charge in [-0.25, -0.2) is 0 Å². The summed E-state index contributed by atoms with van der Waals surface area (Å²) in [5.74, 6) is -0.724. The van der Waals surface area contributed by atoms with Crippen LogP contribution < -0.4 is 20.9 Å². The van der Waals surface area contributed by atoms with Crippen LogP contribution in [-0.2, 0) is 0 Å². The van der Waals surface area contributed by atoms with E-state index in [9.17, 15) is 18.0 Å². The second-order valence-corrected chi connectivity index (χ2v) is 4.88. The van der Waals surface area contributed by atoms with E-state index in [1.54, 1.807) is 30.3 Å². The molecule has 24 heavy (non-hydrogen) atoms. The van der Waals surface area contributed by atoms with Gasteiger partial charge in [-0.2, -0.15) is 0 Å². The van der Waals surface area contributed by atoms with E-state index in [0.29, 0.717) is 11.3 Å². The molecule has 3 N–H and O–H groups in total. The maximum atomic E-state index is 12.1. The van der Waals surface area contributed by atoms with Gasteiger partial charge in [0, 0.05) is 11.3 Å². The molecule has 0 aliphatic heterocycles. The van der Waals surface area contributed by atoms with Gasteiger partial charge >= 0.3 is 6.36 Å². The van der Waals surface area contributed by atoms with Gasteiger partial charge in [0.25, 0.3) is 5.91 Å². The number of halogens is 3. The topological polar surface area (TPSA) is 62.4 Å². The van der Waals surface area contributed by atoms with Gasteiger partial charge in [0.2, 0.25) is 0 Å². The van der Waals surface area contributed by atoms with Crippen molar-refractivity contribution in [3.05, 3.63) is 60.2 Å². The highest BCUT2D eigenvalue weighted by molar-refractivity contribution is 7.80. The predicted octanol–water partition coefficient (Wildman–Crippen LogP) is 3.22. The number of thiocarbonyl (C=S) groups is 1. The zero-order valence-electron chi connectivity index (χ0n) is 12.1. The van der Waals surface area contributed by atoms with Crippen LogP contribution in [0.5, 0.6) is 5.75 Å². The fourth-order valence-electron chi connectivity index (χ4n) is 1.68. The van der Waals surface area contributed by atoms with Crippen molar-refractivity contribution in [2.75, 3.05) is 5.32 Å². The van der Waals surface area contributed by atoms with E-state index in [1.165, 1.54) is 12.1 Å². The molecule has 0 atom stereocenters. The maximum Gasteiger partial charge on any atom is 0.573 e. The minimum Gasteiger partial charge on any atom is -0.406 e. The van der Waals surface area contributed by atoms with Crippen LogP contribution in [0.3, 0.4) is 0 Å². The highest BCUT2D eigenvalue weighted by atomic mass is 32.1. The largest absolute Gasteiger partial charge is 0.573 e. The molecule has 126 valence electrons. The number of ether oxygens (including phenoxy) is 1. The molecule has 2 aromatic rings. The molecule has 0 heterocycles. The number of anilines is 1. The Labute approximate surface area is 140 Å². The third-order valence-corrected chi connectivity index (χ3v) is 2.88. The van der Waals surface area contributed by atoms with Crippen LogP contribution in [0.2, 0.25) is 0 Å². The van der Waals surface area contributed by atoms with Crippen molar-refractivity contribution < 1.29 is 22.7 Å². The van der Waals surface area contributed by atoms with Crippen molar-refractivity contribution in [1.29, 1.82) is 0 Å². The molecule has 0 unspecified atom stereocenters. The summed E-state index contributed by atoms with van der Waals surface area (Å²) in [6.07, 6.45) is -4.74. The maximum absolute atomic E-state index is 12.1. The Hall–Kier alpha value is -2.81. The Morgan fingerprint density at radius 2 is 1.58 bits per heavy atom. The smallest absolute Gasteiger partial charge is 0.406 e. The Kier molecular flexibility index (Phi) is 5.59. The molecule has 0 saturated carbocycles. The fourth-order valence-corrected chi connectivity index (χ4v) is 1.85. The lowest BCUT2D eigenvalue weighted by atomic mass is 10.2. The molecule has 0 fully saturated rings. The molecule has 0 aromatic heterocycles. The van der Waals surface area contributed by atoms with E-state index >= 15 is 0 Å². The third kappa shape index (κ3) is 5.76. The third-order valence-electron chi connectivity index (χ3n) is 2.67. The first kappa shape index (κ1) is 17.5. The fraction of sp³-hybridized carbons (Fsp3) is 0.0667. The van der Waals surface area contributed by atoms with Crippen LogP contribution in [0.25, 0.3) is 0 Å². The van der Waals surface area contributed by atoms with Crippen molar-refractivity contribution >= 4 is 28.9 Å². The zero-order chi connectivity index (χ0) is 17.6. The molecule has 0 bridgehead atoms. The number of nitrogens with one attached hydrogen (secondary N) is 3. The highest BCUT2D eigenvalue weighted by Crippen LogP contribution is 2.23. The van der Waals surface area contributed by atoms with Crippen LogP contribution in [0.15, 0.2) is 54.6 Å². The van der Waals surface area contributed by atoms with E-state index < -0.39 is 6.36 Å². The van der Waals surface area contributed by atoms with Gasteiger partial charge in [0.05, 0.1) is 0 Å². The first-order valence-electron chi connectivity index (χ1n) is 6.62. The second kappa shape index (κ2) is 7.64. The molecule has 2 aromatic carbocycles. The van der Waals surface area contributed by atoms with Gasteiger partial charge in [0.15, 0.2) is 5.11 Å². The van der Waals surface area contributed by atoms with Gasteiger partial charge in [-0.3, -0.25) is 15.6 Å². The number of benzene rings is 2. The summed E-state index contributed by atoms with van der Waals surface area (Å²) in [5, 5.41) is 2.78. The van der Waals surface area contributed by atoms with Gasteiger partial charge in [0.1, 0.15) is 5.75 Å². The van der Waals surface area contributed by atoms with Gasteiger partial charge in [-0.05, 0) is 48.6 Å². The van der Waals surface area contributed by atoms with E-state index in [0.717, 1.165) is 12.1 Å². The summed E-state index contributed by atoms with van der Waals surface area (Å²) < 4.78 is 39.9. The van der Waals surface area contributed by atoms with Crippen molar-refractivity contribution in [2.45, 2.75) is 6.36 Å². The minimum absolute atomic E-state index is 0.0729. The van der Waals surface area contributed by atoms with E-state index in [4.69, 9.17) is 12.2 Å². The van der Waals surface area contributed by atoms with Crippen LogP contribution in [0.4, 0.5) is 18.9 Å². The van der Waals surface area contributed by atoms with Crippen molar-refractivity contribution in [1.82, 2.24) is 10.9 Å². The highest BCUT2D eigenvalue weighted by Gasteiger charge is 2.30. The number of amides is 1. The number of rotatable bonds is 3. The normalized spacial score (nSPS) is 10.6. The summed E-state index contributed by atoms with van der Waals surface area (Å²) in [7, 11) is 0. The van der Waals surface area contributed by atoms with Gasteiger partial charge < -0.3 is 10.1 Å². The lowest BCUT2D eigenvalue weighted by Gasteiger charge is -2.12. The second-order valence-electron chi connectivity index (χ2n) is 4.47. The van der Waals surface area contributed by atoms with E-state index in [-0.39, 0.29) is 16.8 Å². The lowest BCUT2D eigenvalue weighted by Crippen LogP contribution is -2.43. The molecule has 0 radical (unpaired) electrons. The molecule has 2 rings (SSSR count). The summed E-state index contributed by atoms with van der Waals surface area (Å²) in [4.78, 5) is 11.8. The number of carbonyl (C=O) groups is 1. The average Bonchev–Trinajstić information content (AvgIpc) is 2.54. The molecule has 1 amide bonds. The number of hydrazine groups is 1. The van der Waals surface area contributed by atoms with Crippen molar-refractivity contribution in [3.8, 4) is 5.75 Å². The van der Waals surface area contributed by atoms with Gasteiger partial charge in [-0.15, -0.1) is 13.2 Å². The SMILES string of the molecule is O=C(NNC(=S)Nc1ccc(OC(F)(F)F)cc1)c1ccccc1. The van der Waals surface area contributed by atoms with Crippen LogP contribution in [0, 0.1) is 0 Å². The molecular weight excluding hydrogens is 343 g/mol. The van der Waals surface area contributed by atoms with Crippen LogP contribution >= 0.6 is 12.2 Å². The van der Waals surface area contributed by atoms with Crippen LogP contribution in [-0.4, -0.2) is 17.4 Å². The molecule has 9 heteroatoms.